The van der Waals surface area contributed by atoms with Crippen LogP contribution < -0.4 is 0 Å². The van der Waals surface area contributed by atoms with Gasteiger partial charge in [-0.05, 0) is 37.1 Å². The molecule has 1 saturated heterocycles. The van der Waals surface area contributed by atoms with E-state index < -0.39 is 0 Å². The van der Waals surface area contributed by atoms with Crippen LogP contribution >= 0.6 is 0 Å². The van der Waals surface area contributed by atoms with Crippen LogP contribution in [0.15, 0.2) is 84.9 Å². The predicted molar refractivity (Wildman–Crippen MR) is 156 cm³/mol. The van der Waals surface area contributed by atoms with Gasteiger partial charge in [0.1, 0.15) is 0 Å². The summed E-state index contributed by atoms with van der Waals surface area (Å²) in [6, 6.07) is 28.3. The molecule has 0 atom stereocenters. The summed E-state index contributed by atoms with van der Waals surface area (Å²) in [4.78, 5) is 5.24. The molecule has 0 aliphatic carbocycles. The van der Waals surface area contributed by atoms with E-state index in [1.165, 1.54) is 98.6 Å². The maximum Gasteiger partial charge on any atom is 0.0491 e. The van der Waals surface area contributed by atoms with E-state index in [4.69, 9.17) is 0 Å². The van der Waals surface area contributed by atoms with E-state index in [-0.39, 0.29) is 0 Å². The molecular weight excluding hydrogens is 438 g/mol. The Balaban J connectivity index is 0.939. The summed E-state index contributed by atoms with van der Waals surface area (Å²) in [6.45, 7) is 8.30. The van der Waals surface area contributed by atoms with Gasteiger partial charge in [0, 0.05) is 61.1 Å². The third kappa shape index (κ3) is 6.46. The van der Waals surface area contributed by atoms with Crippen LogP contribution in [0.4, 0.5) is 0 Å². The molecule has 0 spiro atoms. The average Bonchev–Trinajstić information content (AvgIpc) is 3.25. The number of para-hydroxylation sites is 2. The van der Waals surface area contributed by atoms with Gasteiger partial charge in [-0.2, -0.15) is 0 Å². The molecule has 0 radical (unpaired) electrons. The van der Waals surface area contributed by atoms with Crippen LogP contribution in [0.25, 0.3) is 27.9 Å². The Labute approximate surface area is 217 Å². The van der Waals surface area contributed by atoms with E-state index >= 15 is 0 Å². The molecule has 0 amide bonds. The zero-order valence-corrected chi connectivity index (χ0v) is 21.7. The second-order valence-corrected chi connectivity index (χ2v) is 10.3. The van der Waals surface area contributed by atoms with Crippen LogP contribution in [0.2, 0.25) is 0 Å². The Bertz CT molecular complexity index is 1180. The van der Waals surface area contributed by atoms with Crippen molar-refractivity contribution in [3.05, 3.63) is 90.5 Å². The minimum Gasteiger partial charge on any atom is -0.340 e. The molecule has 4 aromatic rings. The number of aromatic nitrogens is 1. The Morgan fingerprint density at radius 1 is 0.528 bits per heavy atom. The number of unbranched alkanes of at least 4 members (excludes halogenated alkanes) is 5. The number of nitrogens with zero attached hydrogens (tertiary/aromatic N) is 3. The van der Waals surface area contributed by atoms with E-state index in [9.17, 15) is 0 Å². The molecule has 0 unspecified atom stereocenters. The first-order valence-corrected chi connectivity index (χ1v) is 14.0. The fourth-order valence-corrected chi connectivity index (χ4v) is 5.65. The molecule has 36 heavy (non-hydrogen) atoms. The van der Waals surface area contributed by atoms with Gasteiger partial charge in [0.2, 0.25) is 0 Å². The van der Waals surface area contributed by atoms with Gasteiger partial charge in [-0.15, -0.1) is 0 Å². The molecule has 3 heteroatoms. The van der Waals surface area contributed by atoms with E-state index in [1.54, 1.807) is 0 Å². The van der Waals surface area contributed by atoms with Crippen molar-refractivity contribution in [1.82, 2.24) is 14.4 Å². The molecule has 1 aliphatic rings. The van der Waals surface area contributed by atoms with E-state index in [0.29, 0.717) is 0 Å². The van der Waals surface area contributed by atoms with Crippen molar-refractivity contribution in [2.45, 2.75) is 45.1 Å². The van der Waals surface area contributed by atoms with Crippen LogP contribution in [-0.4, -0.2) is 53.6 Å². The largest absolute Gasteiger partial charge is 0.340 e. The van der Waals surface area contributed by atoms with Gasteiger partial charge < -0.3 is 9.47 Å². The minimum absolute atomic E-state index is 1.07. The highest BCUT2D eigenvalue weighted by atomic mass is 15.3. The normalized spacial score (nSPS) is 15.4. The number of piperazine rings is 1. The first kappa shape index (κ1) is 24.8. The van der Waals surface area contributed by atoms with Gasteiger partial charge in [0.25, 0.3) is 0 Å². The second kappa shape index (κ2) is 12.9. The smallest absolute Gasteiger partial charge is 0.0491 e. The Hall–Kier alpha value is -2.88. The van der Waals surface area contributed by atoms with Crippen molar-refractivity contribution in [1.29, 1.82) is 0 Å². The van der Waals surface area contributed by atoms with Crippen LogP contribution in [0.1, 0.15) is 44.1 Å². The van der Waals surface area contributed by atoms with E-state index in [2.05, 4.69) is 105 Å². The summed E-state index contributed by atoms with van der Waals surface area (Å²) >= 11 is 0. The number of hydrogen-bond acceptors (Lipinski definition) is 2. The average molecular weight is 480 g/mol. The monoisotopic (exact) mass is 479 g/mol. The summed E-state index contributed by atoms with van der Waals surface area (Å²) in [5, 5.41) is 2.77. The number of benzene rings is 3. The first-order valence-electron chi connectivity index (χ1n) is 14.0. The van der Waals surface area contributed by atoms with Crippen molar-refractivity contribution in [2.75, 3.05) is 39.3 Å². The lowest BCUT2D eigenvalue weighted by Gasteiger charge is -2.34. The zero-order valence-electron chi connectivity index (χ0n) is 21.7. The van der Waals surface area contributed by atoms with Crippen molar-refractivity contribution in [3.8, 4) is 0 Å². The summed E-state index contributed by atoms with van der Waals surface area (Å²) in [7, 11) is 0. The van der Waals surface area contributed by atoms with Crippen LogP contribution in [0.5, 0.6) is 0 Å². The topological polar surface area (TPSA) is 11.4 Å². The van der Waals surface area contributed by atoms with Gasteiger partial charge in [-0.25, -0.2) is 0 Å². The number of hydrogen-bond donors (Lipinski definition) is 0. The lowest BCUT2D eigenvalue weighted by atomic mass is 10.1. The van der Waals surface area contributed by atoms with E-state index in [1.807, 2.05) is 0 Å². The summed E-state index contributed by atoms with van der Waals surface area (Å²) < 4.78 is 2.53. The fourth-order valence-electron chi connectivity index (χ4n) is 5.65. The lowest BCUT2D eigenvalue weighted by molar-refractivity contribution is 0.140. The van der Waals surface area contributed by atoms with Gasteiger partial charge in [0.15, 0.2) is 0 Å². The number of fused-ring (bicyclic) bond motifs is 3. The van der Waals surface area contributed by atoms with Crippen LogP contribution in [0.3, 0.4) is 0 Å². The molecule has 1 aromatic heterocycles. The van der Waals surface area contributed by atoms with Gasteiger partial charge in [-0.1, -0.05) is 105 Å². The summed E-state index contributed by atoms with van der Waals surface area (Å²) in [6.07, 6.45) is 12.6. The molecule has 1 aliphatic heterocycles. The van der Waals surface area contributed by atoms with Crippen LogP contribution in [0, 0.1) is 0 Å². The molecule has 188 valence electrons. The lowest BCUT2D eigenvalue weighted by Crippen LogP contribution is -2.46. The Kier molecular flexibility index (Phi) is 8.88. The van der Waals surface area contributed by atoms with Crippen molar-refractivity contribution in [2.24, 2.45) is 0 Å². The van der Waals surface area contributed by atoms with E-state index in [0.717, 1.165) is 13.1 Å². The second-order valence-electron chi connectivity index (χ2n) is 10.3. The third-order valence-electron chi connectivity index (χ3n) is 7.72. The highest BCUT2D eigenvalue weighted by molar-refractivity contribution is 6.07. The molecule has 0 N–H and O–H groups in total. The molecule has 5 rings (SSSR count). The molecule has 3 nitrogen and oxygen atoms in total. The maximum absolute atomic E-state index is 2.67. The minimum atomic E-state index is 1.07. The van der Waals surface area contributed by atoms with Crippen molar-refractivity contribution in [3.63, 3.8) is 0 Å². The van der Waals surface area contributed by atoms with Gasteiger partial charge >= 0.3 is 0 Å². The van der Waals surface area contributed by atoms with Crippen molar-refractivity contribution >= 4 is 27.9 Å². The van der Waals surface area contributed by atoms with Crippen LogP contribution in [-0.2, 0) is 6.54 Å². The predicted octanol–water partition coefficient (Wildman–Crippen LogP) is 7.47. The highest BCUT2D eigenvalue weighted by Crippen LogP contribution is 2.29. The highest BCUT2D eigenvalue weighted by Gasteiger charge is 2.15. The summed E-state index contributed by atoms with van der Waals surface area (Å²) in [5.74, 6) is 0. The fraction of sp³-hybridized carbons (Fsp3) is 0.394. The molecular formula is C33H41N3. The third-order valence-corrected chi connectivity index (χ3v) is 7.72. The zero-order chi connectivity index (χ0) is 24.4. The van der Waals surface area contributed by atoms with Gasteiger partial charge in [-0.3, -0.25) is 4.90 Å². The first-order chi connectivity index (χ1) is 17.9. The van der Waals surface area contributed by atoms with Crippen molar-refractivity contribution < 1.29 is 0 Å². The standard InChI is InChI=1S/C33H41N3/c1(2-4-13-24-36-32-20-10-8-18-30(32)31-19-9-11-21-33(31)36)3-12-22-34-25-27-35(28-26-34)23-14-17-29-15-6-5-7-16-29/h5-11,14-21H,1-4,12-13,22-28H2/b17-14+. The Morgan fingerprint density at radius 2 is 1.06 bits per heavy atom. The molecule has 2 heterocycles. The SMILES string of the molecule is C(=C\c1ccccc1)/CN1CCN(CCCCCCCCn2c3ccccc3c3ccccc32)CC1. The quantitative estimate of drug-likeness (QED) is 0.195. The molecule has 1 fully saturated rings. The summed E-state index contributed by atoms with van der Waals surface area (Å²) in [5.41, 5.74) is 4.06. The Morgan fingerprint density at radius 3 is 1.72 bits per heavy atom. The van der Waals surface area contributed by atoms with Gasteiger partial charge in [0.05, 0.1) is 0 Å². The molecule has 0 saturated carbocycles. The molecule has 3 aromatic carbocycles. The molecule has 0 bridgehead atoms. The number of aryl methyl sites for hydroxylation is 1. The number of rotatable bonds is 12. The maximum atomic E-state index is 2.67.